The van der Waals surface area contributed by atoms with Gasteiger partial charge in [0.15, 0.2) is 0 Å². The highest BCUT2D eigenvalue weighted by atomic mass is 16.7. The third-order valence-electron chi connectivity index (χ3n) is 9.58. The van der Waals surface area contributed by atoms with Crippen LogP contribution in [0.2, 0.25) is 0 Å². The van der Waals surface area contributed by atoms with Gasteiger partial charge in [0, 0.05) is 18.0 Å². The molecule has 1 saturated carbocycles. The highest BCUT2D eigenvalue weighted by molar-refractivity contribution is 6.62. The van der Waals surface area contributed by atoms with Crippen molar-refractivity contribution in [2.45, 2.75) is 103 Å². The van der Waals surface area contributed by atoms with Crippen LogP contribution in [0.4, 0.5) is 10.5 Å². The van der Waals surface area contributed by atoms with Gasteiger partial charge < -0.3 is 25.1 Å². The molecular weight excluding hydrogens is 625 g/mol. The first-order valence-corrected chi connectivity index (χ1v) is 16.9. The summed E-state index contributed by atoms with van der Waals surface area (Å²) in [6, 6.07) is 13.6. The largest absolute Gasteiger partial charge is 0.494 e. The topological polar surface area (TPSA) is 175 Å². The first-order chi connectivity index (χ1) is 23.0. The van der Waals surface area contributed by atoms with Crippen molar-refractivity contribution in [3.63, 3.8) is 0 Å². The van der Waals surface area contributed by atoms with Crippen molar-refractivity contribution in [2.75, 3.05) is 11.4 Å². The molecule has 2 heterocycles. The van der Waals surface area contributed by atoms with E-state index >= 15 is 0 Å². The molecule has 2 aliphatic rings. The molecule has 1 aliphatic heterocycles. The van der Waals surface area contributed by atoms with E-state index in [2.05, 4.69) is 25.9 Å². The maximum atomic E-state index is 14.1. The summed E-state index contributed by atoms with van der Waals surface area (Å²) in [7, 11) is -0.499. The van der Waals surface area contributed by atoms with Gasteiger partial charge in [0.1, 0.15) is 5.60 Å². The predicted octanol–water partition coefficient (Wildman–Crippen LogP) is 3.93. The van der Waals surface area contributed by atoms with Gasteiger partial charge in [0.25, 0.3) is 5.91 Å². The average Bonchev–Trinajstić information content (AvgIpc) is 3.65. The van der Waals surface area contributed by atoms with Crippen LogP contribution in [-0.4, -0.2) is 75.0 Å². The van der Waals surface area contributed by atoms with Crippen LogP contribution >= 0.6 is 0 Å². The number of benzene rings is 2. The number of amides is 3. The number of carbonyl (C=O) groups is 3. The SMILES string of the molecule is CC(C)(C)OC(=O)NC[C@H]1CC[C@H](C(=O)N(C(=O)[C@@H](N)Cc2ccc(B3OC(C)(C)C(C)(C)O3)cc2)c2ccc(-c3nn[nH]n3)cc2)CC1. The molecule has 1 aromatic heterocycles. The van der Waals surface area contributed by atoms with E-state index in [1.54, 1.807) is 24.3 Å². The Morgan fingerprint density at radius 1 is 1.00 bits per heavy atom. The number of nitrogens with two attached hydrogens (primary N) is 1. The van der Waals surface area contributed by atoms with Crippen LogP contribution in [0.5, 0.6) is 0 Å². The van der Waals surface area contributed by atoms with E-state index in [0.29, 0.717) is 36.5 Å². The summed E-state index contributed by atoms with van der Waals surface area (Å²) < 4.78 is 17.7. The van der Waals surface area contributed by atoms with Gasteiger partial charge in [-0.3, -0.25) is 9.59 Å². The molecule has 3 aromatic rings. The van der Waals surface area contributed by atoms with Gasteiger partial charge in [0.2, 0.25) is 11.7 Å². The summed E-state index contributed by atoms with van der Waals surface area (Å²) in [5.41, 5.74) is 7.88. The molecule has 49 heavy (non-hydrogen) atoms. The lowest BCUT2D eigenvalue weighted by Crippen LogP contribution is -2.50. The van der Waals surface area contributed by atoms with Gasteiger partial charge in [0.05, 0.1) is 22.9 Å². The van der Waals surface area contributed by atoms with Crippen LogP contribution in [0.1, 0.15) is 79.7 Å². The van der Waals surface area contributed by atoms with Crippen LogP contribution in [0, 0.1) is 11.8 Å². The molecule has 13 nitrogen and oxygen atoms in total. The lowest BCUT2D eigenvalue weighted by molar-refractivity contribution is -0.130. The standard InChI is InChI=1S/C35H48BN7O6/c1-33(2,3)47-32(46)38-21-23-8-12-25(13-9-23)30(44)43(27-18-14-24(15-19-27)29-39-41-42-40-29)31(45)28(37)20-22-10-16-26(17-11-22)36-48-34(4,5)35(6,7)49-36/h10-11,14-19,23,25,28H,8-9,12-13,20-21,37H2,1-7H3,(H,38,46)(H,39,40,41,42)/t23-,25-,28-/m0/s1. The number of hydrogen-bond acceptors (Lipinski definition) is 10. The van der Waals surface area contributed by atoms with Crippen molar-refractivity contribution in [3.8, 4) is 11.4 Å². The Balaban J connectivity index is 1.27. The number of carbonyl (C=O) groups excluding carboxylic acids is 3. The van der Waals surface area contributed by atoms with Crippen molar-refractivity contribution in [2.24, 2.45) is 17.6 Å². The van der Waals surface area contributed by atoms with Gasteiger partial charge >= 0.3 is 13.2 Å². The molecule has 3 amide bonds. The van der Waals surface area contributed by atoms with E-state index in [1.807, 2.05) is 72.7 Å². The molecule has 0 unspecified atom stereocenters. The molecule has 1 aliphatic carbocycles. The van der Waals surface area contributed by atoms with Crippen LogP contribution in [0.25, 0.3) is 11.4 Å². The Morgan fingerprint density at radius 2 is 1.61 bits per heavy atom. The third-order valence-corrected chi connectivity index (χ3v) is 9.58. The first kappa shape index (κ1) is 36.2. The number of aromatic amines is 1. The first-order valence-electron chi connectivity index (χ1n) is 16.9. The maximum Gasteiger partial charge on any atom is 0.494 e. The number of ether oxygens (including phenoxy) is 1. The minimum absolute atomic E-state index is 0.206. The number of H-pyrrole nitrogens is 1. The summed E-state index contributed by atoms with van der Waals surface area (Å²) in [5, 5.41) is 16.9. The fourth-order valence-electron chi connectivity index (χ4n) is 6.04. The zero-order chi connectivity index (χ0) is 35.6. The Hall–Kier alpha value is -4.14. The number of tetrazole rings is 1. The fraction of sp³-hybridized carbons (Fsp3) is 0.543. The lowest BCUT2D eigenvalue weighted by Gasteiger charge is -2.32. The second kappa shape index (κ2) is 14.4. The highest BCUT2D eigenvalue weighted by Crippen LogP contribution is 2.36. The van der Waals surface area contributed by atoms with Gasteiger partial charge in [-0.15, -0.1) is 10.2 Å². The lowest BCUT2D eigenvalue weighted by atomic mass is 9.78. The molecule has 2 fully saturated rings. The third kappa shape index (κ3) is 8.73. The van der Waals surface area contributed by atoms with Crippen molar-refractivity contribution >= 4 is 36.2 Å². The average molecular weight is 674 g/mol. The van der Waals surface area contributed by atoms with Gasteiger partial charge in [-0.2, -0.15) is 5.21 Å². The van der Waals surface area contributed by atoms with E-state index in [9.17, 15) is 14.4 Å². The van der Waals surface area contributed by atoms with Crippen LogP contribution < -0.4 is 21.4 Å². The quantitative estimate of drug-likeness (QED) is 0.283. The Bertz CT molecular complexity index is 1580. The molecule has 4 N–H and O–H groups in total. The minimum atomic E-state index is -0.974. The molecule has 0 radical (unpaired) electrons. The van der Waals surface area contributed by atoms with Crippen molar-refractivity contribution in [1.29, 1.82) is 0 Å². The molecule has 0 spiro atoms. The van der Waals surface area contributed by atoms with E-state index in [-0.39, 0.29) is 24.2 Å². The number of rotatable bonds is 9. The monoisotopic (exact) mass is 673 g/mol. The van der Waals surface area contributed by atoms with Crippen molar-refractivity contribution in [3.05, 3.63) is 54.1 Å². The zero-order valence-corrected chi connectivity index (χ0v) is 29.5. The van der Waals surface area contributed by atoms with Gasteiger partial charge in [-0.1, -0.05) is 24.3 Å². The number of nitrogens with one attached hydrogen (secondary N) is 2. The van der Waals surface area contributed by atoms with Crippen LogP contribution in [0.3, 0.4) is 0 Å². The summed E-state index contributed by atoms with van der Waals surface area (Å²) in [4.78, 5) is 41.6. The fourth-order valence-corrected chi connectivity index (χ4v) is 6.04. The van der Waals surface area contributed by atoms with Gasteiger partial charge in [-0.05, 0) is 127 Å². The number of alkyl carbamates (subject to hydrolysis) is 1. The molecule has 262 valence electrons. The smallest absolute Gasteiger partial charge is 0.444 e. The maximum absolute atomic E-state index is 14.1. The molecule has 2 aromatic carbocycles. The molecular formula is C35H48BN7O6. The van der Waals surface area contributed by atoms with E-state index in [1.165, 1.54) is 4.90 Å². The summed E-state index contributed by atoms with van der Waals surface area (Å²) in [6.45, 7) is 14.0. The molecule has 1 saturated heterocycles. The summed E-state index contributed by atoms with van der Waals surface area (Å²) in [5.74, 6) is -0.541. The van der Waals surface area contributed by atoms with Crippen molar-refractivity contribution < 1.29 is 28.4 Å². The Labute approximate surface area is 288 Å². The number of anilines is 1. The number of hydrogen-bond donors (Lipinski definition) is 3. The Morgan fingerprint density at radius 3 is 2.16 bits per heavy atom. The predicted molar refractivity (Wildman–Crippen MR) is 186 cm³/mol. The van der Waals surface area contributed by atoms with Gasteiger partial charge in [-0.25, -0.2) is 9.69 Å². The minimum Gasteiger partial charge on any atom is -0.444 e. The van der Waals surface area contributed by atoms with E-state index in [4.69, 9.17) is 19.8 Å². The van der Waals surface area contributed by atoms with E-state index < -0.39 is 42.0 Å². The highest BCUT2D eigenvalue weighted by Gasteiger charge is 2.51. The normalized spacial score (nSPS) is 20.8. The number of aromatic nitrogens is 4. The molecule has 1 atom stereocenters. The summed E-state index contributed by atoms with van der Waals surface area (Å²) >= 11 is 0. The molecule has 0 bridgehead atoms. The summed E-state index contributed by atoms with van der Waals surface area (Å²) in [6.07, 6.45) is 2.40. The Kier molecular flexibility index (Phi) is 10.6. The zero-order valence-electron chi connectivity index (χ0n) is 29.5. The van der Waals surface area contributed by atoms with E-state index in [0.717, 1.165) is 23.9 Å². The number of imide groups is 1. The molecule has 14 heteroatoms. The number of nitrogens with zero attached hydrogens (tertiary/aromatic N) is 4. The van der Waals surface area contributed by atoms with Crippen molar-refractivity contribution in [1.82, 2.24) is 25.9 Å². The van der Waals surface area contributed by atoms with Crippen LogP contribution in [0.15, 0.2) is 48.5 Å². The molecule has 5 rings (SSSR count). The van der Waals surface area contributed by atoms with Crippen LogP contribution in [-0.2, 0) is 30.1 Å². The second-order valence-corrected chi connectivity index (χ2v) is 15.0. The second-order valence-electron chi connectivity index (χ2n) is 15.0.